The quantitative estimate of drug-likeness (QED) is 0.796. The van der Waals surface area contributed by atoms with Crippen molar-refractivity contribution in [2.45, 2.75) is 37.6 Å². The van der Waals surface area contributed by atoms with Crippen LogP contribution in [0.4, 0.5) is 0 Å². The van der Waals surface area contributed by atoms with Crippen molar-refractivity contribution in [1.29, 1.82) is 0 Å². The van der Waals surface area contributed by atoms with Crippen molar-refractivity contribution in [1.82, 2.24) is 4.98 Å². The van der Waals surface area contributed by atoms with E-state index in [4.69, 9.17) is 4.74 Å². The van der Waals surface area contributed by atoms with E-state index >= 15 is 0 Å². The first-order valence-electron chi connectivity index (χ1n) is 5.83. The van der Waals surface area contributed by atoms with Gasteiger partial charge in [0.05, 0.1) is 12.7 Å². The van der Waals surface area contributed by atoms with Crippen LogP contribution in [0.3, 0.4) is 0 Å². The number of ether oxygens (including phenoxy) is 1. The van der Waals surface area contributed by atoms with Crippen molar-refractivity contribution in [3.63, 3.8) is 0 Å². The largest absolute Gasteiger partial charge is 0.378 e. The molecule has 16 heavy (non-hydrogen) atoms. The lowest BCUT2D eigenvalue weighted by Gasteiger charge is -2.16. The minimum atomic E-state index is 0.412. The number of rotatable bonds is 3. The van der Waals surface area contributed by atoms with E-state index in [1.807, 2.05) is 12.3 Å². The first-order chi connectivity index (χ1) is 7.66. The van der Waals surface area contributed by atoms with Crippen LogP contribution in [0, 0.1) is 12.8 Å². The molecule has 2 heterocycles. The summed E-state index contributed by atoms with van der Waals surface area (Å²) in [6.45, 7) is 5.14. The molecule has 1 aliphatic rings. The first-order valence-corrected chi connectivity index (χ1v) is 6.74. The summed E-state index contributed by atoms with van der Waals surface area (Å²) < 4.78 is 5.60. The van der Waals surface area contributed by atoms with Crippen molar-refractivity contribution < 1.29 is 4.74 Å². The predicted molar refractivity (Wildman–Crippen MR) is 68.9 cm³/mol. The molecule has 2 nitrogen and oxygen atoms in total. The van der Waals surface area contributed by atoms with Crippen LogP contribution >= 0.6 is 15.9 Å². The molecule has 1 fully saturated rings. The van der Waals surface area contributed by atoms with Crippen LogP contribution in [0.25, 0.3) is 0 Å². The molecule has 0 bridgehead atoms. The molecule has 0 radical (unpaired) electrons. The van der Waals surface area contributed by atoms with Crippen LogP contribution in [0.1, 0.15) is 24.6 Å². The third-order valence-electron chi connectivity index (χ3n) is 3.25. The van der Waals surface area contributed by atoms with E-state index in [2.05, 4.69) is 40.8 Å². The second-order valence-electron chi connectivity index (χ2n) is 4.63. The molecule has 3 unspecified atom stereocenters. The van der Waals surface area contributed by atoms with E-state index in [9.17, 15) is 0 Å². The zero-order chi connectivity index (χ0) is 11.5. The van der Waals surface area contributed by atoms with Crippen molar-refractivity contribution in [2.24, 2.45) is 5.92 Å². The highest BCUT2D eigenvalue weighted by Crippen LogP contribution is 2.29. The summed E-state index contributed by atoms with van der Waals surface area (Å²) in [6, 6.07) is 4.11. The maximum absolute atomic E-state index is 5.60. The van der Waals surface area contributed by atoms with Gasteiger partial charge in [-0.05, 0) is 37.8 Å². The number of nitrogens with zero attached hydrogens (tertiary/aromatic N) is 1. The Bertz CT molecular complexity index is 356. The van der Waals surface area contributed by atoms with Crippen LogP contribution in [-0.4, -0.2) is 22.5 Å². The van der Waals surface area contributed by atoms with E-state index in [-0.39, 0.29) is 0 Å². The molecule has 1 aromatic rings. The van der Waals surface area contributed by atoms with Crippen molar-refractivity contribution in [2.75, 3.05) is 6.61 Å². The lowest BCUT2D eigenvalue weighted by molar-refractivity contribution is 0.120. The van der Waals surface area contributed by atoms with Gasteiger partial charge in [0.1, 0.15) is 0 Å². The summed E-state index contributed by atoms with van der Waals surface area (Å²) in [4.78, 5) is 4.92. The summed E-state index contributed by atoms with van der Waals surface area (Å²) in [5.41, 5.74) is 2.47. The van der Waals surface area contributed by atoms with Gasteiger partial charge in [-0.2, -0.15) is 0 Å². The molecule has 0 saturated carbocycles. The second-order valence-corrected chi connectivity index (χ2v) is 5.80. The molecule has 1 saturated heterocycles. The zero-order valence-corrected chi connectivity index (χ0v) is 11.4. The first kappa shape index (κ1) is 12.1. The average molecular weight is 284 g/mol. The van der Waals surface area contributed by atoms with E-state index in [1.54, 1.807) is 0 Å². The van der Waals surface area contributed by atoms with Crippen LogP contribution in [-0.2, 0) is 11.2 Å². The average Bonchev–Trinajstić information content (AvgIpc) is 2.68. The van der Waals surface area contributed by atoms with Gasteiger partial charge >= 0.3 is 0 Å². The fraction of sp³-hybridized carbons (Fsp3) is 0.615. The van der Waals surface area contributed by atoms with E-state index in [1.165, 1.54) is 11.3 Å². The molecule has 0 spiro atoms. The number of hydrogen-bond acceptors (Lipinski definition) is 2. The summed E-state index contributed by atoms with van der Waals surface area (Å²) in [7, 11) is 0. The van der Waals surface area contributed by atoms with E-state index < -0.39 is 0 Å². The SMILES string of the molecule is Cc1cccnc1CC(Br)C1COC(C)C1. The summed E-state index contributed by atoms with van der Waals surface area (Å²) in [6.07, 6.45) is 4.43. The fourth-order valence-electron chi connectivity index (χ4n) is 2.19. The Morgan fingerprint density at radius 1 is 1.62 bits per heavy atom. The standard InChI is InChI=1S/C13H18BrNO/c1-9-4-3-5-15-13(9)7-12(14)11-6-10(2)16-8-11/h3-5,10-12H,6-8H2,1-2H3. The molecule has 3 atom stereocenters. The van der Waals surface area contributed by atoms with Crippen molar-refractivity contribution in [3.8, 4) is 0 Å². The molecule has 3 heteroatoms. The van der Waals surface area contributed by atoms with Crippen molar-refractivity contribution >= 4 is 15.9 Å². The smallest absolute Gasteiger partial charge is 0.0551 e. The van der Waals surface area contributed by atoms with Gasteiger partial charge in [0.25, 0.3) is 0 Å². The highest BCUT2D eigenvalue weighted by Gasteiger charge is 2.28. The van der Waals surface area contributed by atoms with Crippen LogP contribution in [0.2, 0.25) is 0 Å². The zero-order valence-electron chi connectivity index (χ0n) is 9.82. The Morgan fingerprint density at radius 2 is 2.44 bits per heavy atom. The lowest BCUT2D eigenvalue weighted by Crippen LogP contribution is -2.18. The van der Waals surface area contributed by atoms with Gasteiger partial charge in [-0.15, -0.1) is 0 Å². The van der Waals surface area contributed by atoms with Crippen LogP contribution in [0.15, 0.2) is 18.3 Å². The van der Waals surface area contributed by atoms with Gasteiger partial charge in [-0.3, -0.25) is 4.98 Å². The monoisotopic (exact) mass is 283 g/mol. The maximum atomic E-state index is 5.60. The van der Waals surface area contributed by atoms with Gasteiger partial charge in [0.15, 0.2) is 0 Å². The number of halogens is 1. The Morgan fingerprint density at radius 3 is 3.06 bits per heavy atom. The predicted octanol–water partition coefficient (Wildman–Crippen LogP) is 3.12. The third-order valence-corrected chi connectivity index (χ3v) is 4.32. The molecule has 1 aliphatic heterocycles. The molecular weight excluding hydrogens is 266 g/mol. The Kier molecular flexibility index (Phi) is 3.98. The number of hydrogen-bond donors (Lipinski definition) is 0. The third kappa shape index (κ3) is 2.83. The molecular formula is C13H18BrNO. The highest BCUT2D eigenvalue weighted by molar-refractivity contribution is 9.09. The molecule has 1 aromatic heterocycles. The topological polar surface area (TPSA) is 22.1 Å². The fourth-order valence-corrected chi connectivity index (χ4v) is 2.86. The molecule has 0 aromatic carbocycles. The summed E-state index contributed by atoms with van der Waals surface area (Å²) >= 11 is 3.78. The molecule has 0 N–H and O–H groups in total. The van der Waals surface area contributed by atoms with Gasteiger partial charge < -0.3 is 4.74 Å². The molecule has 0 amide bonds. The van der Waals surface area contributed by atoms with Crippen LogP contribution < -0.4 is 0 Å². The van der Waals surface area contributed by atoms with Crippen LogP contribution in [0.5, 0.6) is 0 Å². The Labute approximate surface area is 106 Å². The molecule has 0 aliphatic carbocycles. The van der Waals surface area contributed by atoms with Gasteiger partial charge in [-0.25, -0.2) is 0 Å². The van der Waals surface area contributed by atoms with E-state index in [0.29, 0.717) is 16.8 Å². The van der Waals surface area contributed by atoms with Crippen molar-refractivity contribution in [3.05, 3.63) is 29.6 Å². The Hall–Kier alpha value is -0.410. The van der Waals surface area contributed by atoms with Gasteiger partial charge in [-0.1, -0.05) is 22.0 Å². The number of aryl methyl sites for hydroxylation is 1. The maximum Gasteiger partial charge on any atom is 0.0551 e. The van der Waals surface area contributed by atoms with Gasteiger partial charge in [0.2, 0.25) is 0 Å². The summed E-state index contributed by atoms with van der Waals surface area (Å²) in [5.74, 6) is 0.622. The number of pyridine rings is 1. The van der Waals surface area contributed by atoms with Gasteiger partial charge in [0, 0.05) is 23.1 Å². The molecule has 2 rings (SSSR count). The number of aromatic nitrogens is 1. The minimum absolute atomic E-state index is 0.412. The minimum Gasteiger partial charge on any atom is -0.378 e. The lowest BCUT2D eigenvalue weighted by atomic mass is 9.98. The highest BCUT2D eigenvalue weighted by atomic mass is 79.9. The van der Waals surface area contributed by atoms with E-state index in [0.717, 1.165) is 19.4 Å². The summed E-state index contributed by atoms with van der Waals surface area (Å²) in [5, 5.41) is 0. The second kappa shape index (κ2) is 5.28. The Balaban J connectivity index is 1.97. The molecule has 88 valence electrons. The number of alkyl halides is 1. The normalized spacial score (nSPS) is 26.9.